The first kappa shape index (κ1) is 28.1. The second kappa shape index (κ2) is 14.3. The van der Waals surface area contributed by atoms with E-state index in [1.807, 2.05) is 66.7 Å². The van der Waals surface area contributed by atoms with Gasteiger partial charge < -0.3 is 24.1 Å². The molecule has 0 saturated heterocycles. The van der Waals surface area contributed by atoms with Gasteiger partial charge in [-0.25, -0.2) is 4.98 Å². The van der Waals surface area contributed by atoms with Crippen molar-refractivity contribution in [3.63, 3.8) is 0 Å². The summed E-state index contributed by atoms with van der Waals surface area (Å²) in [5.74, 6) is 3.01. The molecule has 0 spiro atoms. The Morgan fingerprint density at radius 1 is 0.872 bits per heavy atom. The number of carbonyl (C=O) groups excluding carboxylic acids is 1. The van der Waals surface area contributed by atoms with E-state index in [2.05, 4.69) is 28.9 Å². The van der Waals surface area contributed by atoms with E-state index in [9.17, 15) is 4.79 Å². The number of nitrogens with one attached hydrogen (secondary N) is 1. The van der Waals surface area contributed by atoms with Crippen LogP contribution < -0.4 is 19.5 Å². The van der Waals surface area contributed by atoms with Crippen molar-refractivity contribution in [2.75, 3.05) is 33.1 Å². The van der Waals surface area contributed by atoms with Crippen LogP contribution in [0, 0.1) is 0 Å². The minimum Gasteiger partial charge on any atom is -0.497 e. The fraction of sp³-hybridized carbons (Fsp3) is 0.290. The van der Waals surface area contributed by atoms with Gasteiger partial charge in [0.15, 0.2) is 11.8 Å². The number of hydrogen-bond acceptors (Lipinski definition) is 6. The molecule has 8 heteroatoms. The molecule has 0 radical (unpaired) electrons. The van der Waals surface area contributed by atoms with Crippen LogP contribution >= 0.6 is 11.8 Å². The summed E-state index contributed by atoms with van der Waals surface area (Å²) >= 11 is 1.71. The van der Waals surface area contributed by atoms with Crippen molar-refractivity contribution in [2.24, 2.45) is 0 Å². The molecule has 0 aliphatic rings. The van der Waals surface area contributed by atoms with Crippen LogP contribution in [-0.4, -0.2) is 48.6 Å². The smallest absolute Gasteiger partial charge is 0.257 e. The highest BCUT2D eigenvalue weighted by molar-refractivity contribution is 7.99. The highest BCUT2D eigenvalue weighted by Gasteiger charge is 2.20. The van der Waals surface area contributed by atoms with Crippen molar-refractivity contribution in [3.8, 4) is 39.8 Å². The maximum atomic E-state index is 12.2. The summed E-state index contributed by atoms with van der Waals surface area (Å²) in [6.07, 6.45) is 1.79. The van der Waals surface area contributed by atoms with Gasteiger partial charge in [0.25, 0.3) is 5.91 Å². The Labute approximate surface area is 234 Å². The predicted molar refractivity (Wildman–Crippen MR) is 157 cm³/mol. The quantitative estimate of drug-likeness (QED) is 0.148. The van der Waals surface area contributed by atoms with E-state index in [1.165, 1.54) is 0 Å². The summed E-state index contributed by atoms with van der Waals surface area (Å²) in [6.45, 7) is 3.61. The van der Waals surface area contributed by atoms with E-state index in [1.54, 1.807) is 26.0 Å². The molecule has 0 fully saturated rings. The fourth-order valence-electron chi connectivity index (χ4n) is 4.15. The summed E-state index contributed by atoms with van der Waals surface area (Å²) in [5, 5.41) is 3.91. The summed E-state index contributed by atoms with van der Waals surface area (Å²) in [7, 11) is 3.34. The lowest BCUT2D eigenvalue weighted by atomic mass is 10.0. The molecule has 1 heterocycles. The number of thioether (sulfide) groups is 1. The lowest BCUT2D eigenvalue weighted by Crippen LogP contribution is -2.29. The normalized spacial score (nSPS) is 10.7. The fourth-order valence-corrected chi connectivity index (χ4v) is 5.11. The molecule has 4 aromatic rings. The Morgan fingerprint density at radius 3 is 2.13 bits per heavy atom. The monoisotopic (exact) mass is 545 g/mol. The molecule has 0 unspecified atom stereocenters. The molecule has 0 saturated carbocycles. The van der Waals surface area contributed by atoms with Gasteiger partial charge in [-0.05, 0) is 73.5 Å². The molecule has 1 N–H and O–H groups in total. The van der Waals surface area contributed by atoms with Crippen LogP contribution in [-0.2, 0) is 11.3 Å². The largest absolute Gasteiger partial charge is 0.497 e. The predicted octanol–water partition coefficient (Wildman–Crippen LogP) is 6.32. The second-order valence-electron chi connectivity index (χ2n) is 8.85. The van der Waals surface area contributed by atoms with E-state index in [4.69, 9.17) is 19.2 Å². The highest BCUT2D eigenvalue weighted by atomic mass is 32.2. The van der Waals surface area contributed by atoms with Gasteiger partial charge in [0.2, 0.25) is 0 Å². The number of carbonyl (C=O) groups is 1. The van der Waals surface area contributed by atoms with Crippen LogP contribution in [0.25, 0.3) is 22.5 Å². The molecule has 0 aliphatic carbocycles. The SMILES string of the molecule is CCCn1c(SCCCNC(=O)COc2ccccc2)nc(-c2ccc(OC)cc2)c1-c1ccc(OC)cc1. The molecule has 4 rings (SSSR count). The second-order valence-corrected chi connectivity index (χ2v) is 9.92. The van der Waals surface area contributed by atoms with E-state index in [-0.39, 0.29) is 12.5 Å². The van der Waals surface area contributed by atoms with E-state index >= 15 is 0 Å². The van der Waals surface area contributed by atoms with Crippen molar-refractivity contribution in [3.05, 3.63) is 78.9 Å². The van der Waals surface area contributed by atoms with E-state index in [0.29, 0.717) is 12.3 Å². The van der Waals surface area contributed by atoms with Crippen LogP contribution in [0.2, 0.25) is 0 Å². The third-order valence-electron chi connectivity index (χ3n) is 6.09. The first-order valence-corrected chi connectivity index (χ1v) is 14.1. The summed E-state index contributed by atoms with van der Waals surface area (Å²) in [5.41, 5.74) is 4.13. The molecule has 1 aromatic heterocycles. The minimum absolute atomic E-state index is 0.00844. The zero-order chi connectivity index (χ0) is 27.5. The number of imidazole rings is 1. The Balaban J connectivity index is 1.46. The number of ether oxygens (including phenoxy) is 3. The first-order valence-electron chi connectivity index (χ1n) is 13.1. The minimum atomic E-state index is -0.125. The van der Waals surface area contributed by atoms with Gasteiger partial charge in [0.05, 0.1) is 25.6 Å². The van der Waals surface area contributed by atoms with Gasteiger partial charge in [-0.3, -0.25) is 4.79 Å². The number of aromatic nitrogens is 2. The third kappa shape index (κ3) is 7.57. The zero-order valence-electron chi connectivity index (χ0n) is 22.7. The van der Waals surface area contributed by atoms with Gasteiger partial charge in [-0.2, -0.15) is 0 Å². The molecule has 204 valence electrons. The summed E-state index contributed by atoms with van der Waals surface area (Å²) in [4.78, 5) is 17.3. The zero-order valence-corrected chi connectivity index (χ0v) is 23.5. The molecule has 0 bridgehead atoms. The summed E-state index contributed by atoms with van der Waals surface area (Å²) in [6, 6.07) is 25.5. The molecule has 0 aliphatic heterocycles. The Hall–Kier alpha value is -3.91. The summed E-state index contributed by atoms with van der Waals surface area (Å²) < 4.78 is 18.6. The Bertz CT molecular complexity index is 1320. The van der Waals surface area contributed by atoms with Crippen molar-refractivity contribution in [1.82, 2.24) is 14.9 Å². The van der Waals surface area contributed by atoms with Crippen LogP contribution in [0.4, 0.5) is 0 Å². The maximum absolute atomic E-state index is 12.2. The number of benzene rings is 3. The average Bonchev–Trinajstić information content (AvgIpc) is 3.34. The van der Waals surface area contributed by atoms with Crippen LogP contribution in [0.15, 0.2) is 84.0 Å². The molecule has 3 aromatic carbocycles. The van der Waals surface area contributed by atoms with Crippen LogP contribution in [0.5, 0.6) is 17.2 Å². The number of para-hydroxylation sites is 1. The van der Waals surface area contributed by atoms with E-state index < -0.39 is 0 Å². The third-order valence-corrected chi connectivity index (χ3v) is 7.16. The number of methoxy groups -OCH3 is 2. The molecular formula is C31H35N3O4S. The molecule has 7 nitrogen and oxygen atoms in total. The number of hydrogen-bond donors (Lipinski definition) is 1. The first-order chi connectivity index (χ1) is 19.1. The topological polar surface area (TPSA) is 74.6 Å². The van der Waals surface area contributed by atoms with Crippen molar-refractivity contribution in [1.29, 1.82) is 0 Å². The Kier molecular flexibility index (Phi) is 10.3. The molecular weight excluding hydrogens is 510 g/mol. The van der Waals surface area contributed by atoms with Crippen LogP contribution in [0.1, 0.15) is 19.8 Å². The average molecular weight is 546 g/mol. The van der Waals surface area contributed by atoms with Crippen LogP contribution in [0.3, 0.4) is 0 Å². The molecule has 39 heavy (non-hydrogen) atoms. The van der Waals surface area contributed by atoms with Gasteiger partial charge >= 0.3 is 0 Å². The Morgan fingerprint density at radius 2 is 1.51 bits per heavy atom. The maximum Gasteiger partial charge on any atom is 0.257 e. The van der Waals surface area contributed by atoms with Gasteiger partial charge in [-0.15, -0.1) is 0 Å². The van der Waals surface area contributed by atoms with Crippen molar-refractivity contribution >= 4 is 17.7 Å². The van der Waals surface area contributed by atoms with Crippen molar-refractivity contribution < 1.29 is 19.0 Å². The van der Waals surface area contributed by atoms with Gasteiger partial charge in [0.1, 0.15) is 17.2 Å². The number of rotatable bonds is 14. The van der Waals surface area contributed by atoms with Crippen molar-refractivity contribution in [2.45, 2.75) is 31.5 Å². The van der Waals surface area contributed by atoms with Gasteiger partial charge in [0, 0.05) is 30.0 Å². The number of nitrogens with zero attached hydrogens (tertiary/aromatic N) is 2. The number of amides is 1. The molecule has 0 atom stereocenters. The standard InChI is InChI=1S/C31H35N3O4S/c1-4-20-34-30(24-13-17-26(37-3)18-14-24)29(23-11-15-25(36-2)16-12-23)33-31(34)39-21-8-19-32-28(35)22-38-27-9-6-5-7-10-27/h5-7,9-18H,4,8,19-22H2,1-3H3,(H,32,35). The highest BCUT2D eigenvalue weighted by Crippen LogP contribution is 2.37. The lowest BCUT2D eigenvalue weighted by Gasteiger charge is -2.13. The van der Waals surface area contributed by atoms with E-state index in [0.717, 1.165) is 64.3 Å². The molecule has 1 amide bonds. The van der Waals surface area contributed by atoms with Gasteiger partial charge in [-0.1, -0.05) is 36.9 Å². The lowest BCUT2D eigenvalue weighted by molar-refractivity contribution is -0.123.